The highest BCUT2D eigenvalue weighted by Gasteiger charge is 2.14. The molecule has 4 heteroatoms. The summed E-state index contributed by atoms with van der Waals surface area (Å²) in [6.45, 7) is 5.13. The zero-order valence-corrected chi connectivity index (χ0v) is 11.9. The number of aryl methyl sites for hydroxylation is 1. The van der Waals surface area contributed by atoms with Gasteiger partial charge in [-0.1, -0.05) is 19.1 Å². The number of hydrogen-bond donors (Lipinski definition) is 1. The van der Waals surface area contributed by atoms with Gasteiger partial charge in [0.2, 0.25) is 0 Å². The van der Waals surface area contributed by atoms with E-state index in [4.69, 9.17) is 5.73 Å². The maximum absolute atomic E-state index is 14.0. The first-order chi connectivity index (χ1) is 9.69. The van der Waals surface area contributed by atoms with Crippen molar-refractivity contribution < 1.29 is 4.39 Å². The summed E-state index contributed by atoms with van der Waals surface area (Å²) in [5, 5.41) is 0. The molecule has 0 atom stereocenters. The average molecular weight is 273 g/mol. The van der Waals surface area contributed by atoms with E-state index >= 15 is 0 Å². The Morgan fingerprint density at radius 1 is 1.20 bits per heavy atom. The van der Waals surface area contributed by atoms with Crippen LogP contribution in [0.15, 0.2) is 36.4 Å². The summed E-state index contributed by atoms with van der Waals surface area (Å²) in [6, 6.07) is 10.7. The fourth-order valence-electron chi connectivity index (χ4n) is 2.20. The maximum Gasteiger partial charge on any atom is 0.146 e. The van der Waals surface area contributed by atoms with E-state index in [0.717, 1.165) is 23.5 Å². The molecule has 2 N–H and O–H groups in total. The van der Waals surface area contributed by atoms with Crippen LogP contribution in [0.3, 0.4) is 0 Å². The van der Waals surface area contributed by atoms with Crippen molar-refractivity contribution in [1.29, 1.82) is 0 Å². The first-order valence-corrected chi connectivity index (χ1v) is 6.91. The Morgan fingerprint density at radius 2 is 1.95 bits per heavy atom. The second-order valence-electron chi connectivity index (χ2n) is 4.58. The van der Waals surface area contributed by atoms with Gasteiger partial charge in [-0.2, -0.15) is 0 Å². The van der Waals surface area contributed by atoms with Gasteiger partial charge in [-0.25, -0.2) is 9.37 Å². The monoisotopic (exact) mass is 273 g/mol. The molecule has 1 heterocycles. The van der Waals surface area contributed by atoms with Gasteiger partial charge in [-0.3, -0.25) is 0 Å². The summed E-state index contributed by atoms with van der Waals surface area (Å²) in [6.07, 6.45) is 0.829. The number of nitrogens with zero attached hydrogens (tertiary/aromatic N) is 2. The first-order valence-electron chi connectivity index (χ1n) is 6.91. The van der Waals surface area contributed by atoms with Crippen LogP contribution >= 0.6 is 0 Å². The number of halogens is 1. The summed E-state index contributed by atoms with van der Waals surface area (Å²) >= 11 is 0. The number of nitrogens with two attached hydrogens (primary N) is 1. The summed E-state index contributed by atoms with van der Waals surface area (Å²) in [5.41, 5.74) is 8.26. The van der Waals surface area contributed by atoms with Crippen LogP contribution in [0.2, 0.25) is 0 Å². The van der Waals surface area contributed by atoms with Gasteiger partial charge < -0.3 is 10.6 Å². The highest BCUT2D eigenvalue weighted by molar-refractivity contribution is 5.61. The fourth-order valence-corrected chi connectivity index (χ4v) is 2.20. The third-order valence-electron chi connectivity index (χ3n) is 3.26. The van der Waals surface area contributed by atoms with Crippen molar-refractivity contribution in [3.8, 4) is 0 Å². The van der Waals surface area contributed by atoms with E-state index in [1.807, 2.05) is 36.9 Å². The molecule has 0 aliphatic heterocycles. The van der Waals surface area contributed by atoms with Crippen LogP contribution in [0.1, 0.15) is 25.1 Å². The summed E-state index contributed by atoms with van der Waals surface area (Å²) in [5.74, 6) is 0.504. The molecule has 0 amide bonds. The summed E-state index contributed by atoms with van der Waals surface area (Å²) < 4.78 is 14.0. The largest absolute Gasteiger partial charge is 0.326 e. The molecule has 1 aromatic carbocycles. The summed E-state index contributed by atoms with van der Waals surface area (Å²) in [7, 11) is 0. The Labute approximate surface area is 119 Å². The Bertz CT molecular complexity index is 561. The lowest BCUT2D eigenvalue weighted by Gasteiger charge is -2.23. The van der Waals surface area contributed by atoms with E-state index < -0.39 is 0 Å². The topological polar surface area (TPSA) is 42.1 Å². The number of para-hydroxylation sites is 1. The fraction of sp³-hybridized carbons (Fsp3) is 0.312. The molecule has 0 spiro atoms. The van der Waals surface area contributed by atoms with Crippen LogP contribution in [0.25, 0.3) is 0 Å². The molecular formula is C16H20FN3. The van der Waals surface area contributed by atoms with Crippen molar-refractivity contribution in [1.82, 2.24) is 4.98 Å². The molecule has 20 heavy (non-hydrogen) atoms. The lowest BCUT2D eigenvalue weighted by molar-refractivity contribution is 0.625. The van der Waals surface area contributed by atoms with Crippen LogP contribution in [-0.2, 0) is 13.0 Å². The zero-order chi connectivity index (χ0) is 14.5. The summed E-state index contributed by atoms with van der Waals surface area (Å²) in [4.78, 5) is 6.46. The van der Waals surface area contributed by atoms with Crippen LogP contribution < -0.4 is 10.6 Å². The number of pyridine rings is 1. The van der Waals surface area contributed by atoms with E-state index in [-0.39, 0.29) is 5.82 Å². The average Bonchev–Trinajstić information content (AvgIpc) is 2.49. The molecule has 106 valence electrons. The molecule has 0 radical (unpaired) electrons. The molecule has 2 aromatic rings. The standard InChI is InChI=1S/C16H20FN3/c1-3-13-9-12(11-18)10-16(19-13)20(4-2)15-8-6-5-7-14(15)17/h5-10H,3-4,11,18H2,1-2H3. The van der Waals surface area contributed by atoms with Crippen LogP contribution in [-0.4, -0.2) is 11.5 Å². The normalized spacial score (nSPS) is 10.6. The third-order valence-corrected chi connectivity index (χ3v) is 3.26. The molecular weight excluding hydrogens is 253 g/mol. The molecule has 0 saturated heterocycles. The zero-order valence-electron chi connectivity index (χ0n) is 11.9. The predicted molar refractivity (Wildman–Crippen MR) is 80.6 cm³/mol. The quantitative estimate of drug-likeness (QED) is 0.908. The lowest BCUT2D eigenvalue weighted by Crippen LogP contribution is -2.19. The highest BCUT2D eigenvalue weighted by Crippen LogP contribution is 2.27. The number of rotatable bonds is 5. The van der Waals surface area contributed by atoms with Crippen LogP contribution in [0.4, 0.5) is 15.9 Å². The van der Waals surface area contributed by atoms with Crippen LogP contribution in [0, 0.1) is 5.82 Å². The molecule has 2 rings (SSSR count). The number of benzene rings is 1. The van der Waals surface area contributed by atoms with E-state index in [0.29, 0.717) is 18.8 Å². The maximum atomic E-state index is 14.0. The molecule has 0 fully saturated rings. The number of hydrogen-bond acceptors (Lipinski definition) is 3. The number of anilines is 2. The Hall–Kier alpha value is -1.94. The first kappa shape index (κ1) is 14.5. The van der Waals surface area contributed by atoms with Crippen molar-refractivity contribution in [3.05, 3.63) is 53.5 Å². The molecule has 0 aliphatic carbocycles. The Morgan fingerprint density at radius 3 is 2.55 bits per heavy atom. The second-order valence-corrected chi connectivity index (χ2v) is 4.58. The van der Waals surface area contributed by atoms with E-state index in [9.17, 15) is 4.39 Å². The molecule has 0 unspecified atom stereocenters. The molecule has 0 bridgehead atoms. The lowest BCUT2D eigenvalue weighted by atomic mass is 10.2. The minimum absolute atomic E-state index is 0.243. The third kappa shape index (κ3) is 2.96. The van der Waals surface area contributed by atoms with Crippen molar-refractivity contribution in [2.45, 2.75) is 26.8 Å². The minimum Gasteiger partial charge on any atom is -0.326 e. The van der Waals surface area contributed by atoms with Crippen molar-refractivity contribution in [2.75, 3.05) is 11.4 Å². The van der Waals surface area contributed by atoms with E-state index in [1.54, 1.807) is 12.1 Å². The van der Waals surface area contributed by atoms with Crippen molar-refractivity contribution in [2.24, 2.45) is 5.73 Å². The molecule has 0 aliphatic rings. The molecule has 3 nitrogen and oxygen atoms in total. The van der Waals surface area contributed by atoms with Gasteiger partial charge in [-0.15, -0.1) is 0 Å². The second kappa shape index (κ2) is 6.48. The van der Waals surface area contributed by atoms with Gasteiger partial charge in [0.25, 0.3) is 0 Å². The molecule has 0 saturated carbocycles. The van der Waals surface area contributed by atoms with Gasteiger partial charge in [0.05, 0.1) is 5.69 Å². The van der Waals surface area contributed by atoms with Crippen LogP contribution in [0.5, 0.6) is 0 Å². The van der Waals surface area contributed by atoms with Gasteiger partial charge >= 0.3 is 0 Å². The van der Waals surface area contributed by atoms with Crippen molar-refractivity contribution in [3.63, 3.8) is 0 Å². The Balaban J connectivity index is 2.49. The van der Waals surface area contributed by atoms with Gasteiger partial charge in [0.1, 0.15) is 11.6 Å². The Kier molecular flexibility index (Phi) is 4.69. The number of aromatic nitrogens is 1. The highest BCUT2D eigenvalue weighted by atomic mass is 19.1. The smallest absolute Gasteiger partial charge is 0.146 e. The SMILES string of the molecule is CCc1cc(CN)cc(N(CC)c2ccccc2F)n1. The van der Waals surface area contributed by atoms with E-state index in [2.05, 4.69) is 4.98 Å². The molecule has 1 aromatic heterocycles. The van der Waals surface area contributed by atoms with Gasteiger partial charge in [-0.05, 0) is 43.2 Å². The minimum atomic E-state index is -0.243. The van der Waals surface area contributed by atoms with Crippen molar-refractivity contribution >= 4 is 11.5 Å². The van der Waals surface area contributed by atoms with Gasteiger partial charge in [0.15, 0.2) is 0 Å². The van der Waals surface area contributed by atoms with E-state index in [1.165, 1.54) is 6.07 Å². The van der Waals surface area contributed by atoms with Gasteiger partial charge in [0, 0.05) is 18.8 Å². The predicted octanol–water partition coefficient (Wildman–Crippen LogP) is 3.40.